The molecule has 2 rings (SSSR count). The third-order valence-electron chi connectivity index (χ3n) is 2.00. The van der Waals surface area contributed by atoms with Crippen LogP contribution >= 0.6 is 0 Å². The predicted molar refractivity (Wildman–Crippen MR) is 45.9 cm³/mol. The standard InChI is InChI=1S/C8H8FNO2S/c9-8-2-1-6-5-13(11,12)10-4-7(6)3-8/h1-3,10H,4-5H2. The lowest BCUT2D eigenvalue weighted by Crippen LogP contribution is -2.30. The first kappa shape index (κ1) is 8.65. The van der Waals surface area contributed by atoms with Crippen LogP contribution in [0.3, 0.4) is 0 Å². The number of fused-ring (bicyclic) bond motifs is 1. The molecule has 0 aliphatic carbocycles. The van der Waals surface area contributed by atoms with Crippen LogP contribution in [0.4, 0.5) is 4.39 Å². The van der Waals surface area contributed by atoms with E-state index >= 15 is 0 Å². The average molecular weight is 201 g/mol. The van der Waals surface area contributed by atoms with Crippen molar-refractivity contribution in [2.45, 2.75) is 12.3 Å². The van der Waals surface area contributed by atoms with E-state index in [1.807, 2.05) is 0 Å². The van der Waals surface area contributed by atoms with Gasteiger partial charge in [0, 0.05) is 6.54 Å². The number of benzene rings is 1. The molecule has 13 heavy (non-hydrogen) atoms. The van der Waals surface area contributed by atoms with Gasteiger partial charge in [0.25, 0.3) is 0 Å². The summed E-state index contributed by atoms with van der Waals surface area (Å²) in [6, 6.07) is 4.15. The molecular formula is C8H8FNO2S. The summed E-state index contributed by atoms with van der Waals surface area (Å²) in [5.74, 6) is -0.386. The predicted octanol–water partition coefficient (Wildman–Crippen LogP) is 0.759. The number of nitrogens with one attached hydrogen (secondary N) is 1. The lowest BCUT2D eigenvalue weighted by Gasteiger charge is -2.16. The molecule has 0 unspecified atom stereocenters. The van der Waals surface area contributed by atoms with Crippen LogP contribution in [0.2, 0.25) is 0 Å². The zero-order chi connectivity index (χ0) is 9.47. The van der Waals surface area contributed by atoms with Gasteiger partial charge in [0.05, 0.1) is 5.75 Å². The first-order valence-corrected chi connectivity index (χ1v) is 5.47. The quantitative estimate of drug-likeness (QED) is 0.673. The Hall–Kier alpha value is -0.940. The second-order valence-corrected chi connectivity index (χ2v) is 4.80. The molecule has 3 nitrogen and oxygen atoms in total. The van der Waals surface area contributed by atoms with E-state index in [9.17, 15) is 12.8 Å². The van der Waals surface area contributed by atoms with Crippen molar-refractivity contribution in [2.75, 3.05) is 0 Å². The van der Waals surface area contributed by atoms with Gasteiger partial charge in [-0.2, -0.15) is 0 Å². The minimum absolute atomic E-state index is 0.0530. The molecule has 1 heterocycles. The molecule has 1 N–H and O–H groups in total. The second-order valence-electron chi connectivity index (χ2n) is 2.99. The van der Waals surface area contributed by atoms with Crippen LogP contribution in [-0.4, -0.2) is 8.42 Å². The number of rotatable bonds is 0. The third-order valence-corrected chi connectivity index (χ3v) is 3.27. The van der Waals surface area contributed by atoms with Crippen LogP contribution in [0.1, 0.15) is 11.1 Å². The first-order chi connectivity index (χ1) is 6.07. The van der Waals surface area contributed by atoms with Crippen molar-refractivity contribution in [1.29, 1.82) is 0 Å². The van der Waals surface area contributed by atoms with Crippen molar-refractivity contribution in [2.24, 2.45) is 0 Å². The van der Waals surface area contributed by atoms with E-state index in [2.05, 4.69) is 4.72 Å². The highest BCUT2D eigenvalue weighted by molar-refractivity contribution is 7.88. The molecule has 0 saturated heterocycles. The van der Waals surface area contributed by atoms with Crippen molar-refractivity contribution in [3.63, 3.8) is 0 Å². The molecule has 1 aliphatic heterocycles. The van der Waals surface area contributed by atoms with Gasteiger partial charge in [0.1, 0.15) is 5.82 Å². The van der Waals surface area contributed by atoms with Crippen LogP contribution < -0.4 is 4.72 Å². The van der Waals surface area contributed by atoms with Crippen LogP contribution in [0.25, 0.3) is 0 Å². The normalized spacial score (nSPS) is 19.5. The van der Waals surface area contributed by atoms with E-state index in [1.54, 1.807) is 0 Å². The molecular weight excluding hydrogens is 193 g/mol. The van der Waals surface area contributed by atoms with Crippen LogP contribution in [0, 0.1) is 5.82 Å². The Morgan fingerprint density at radius 3 is 2.85 bits per heavy atom. The summed E-state index contributed by atoms with van der Waals surface area (Å²) in [6.45, 7) is 0.190. The highest BCUT2D eigenvalue weighted by Crippen LogP contribution is 2.18. The molecule has 0 fully saturated rings. The molecule has 5 heteroatoms. The number of sulfonamides is 1. The summed E-state index contributed by atoms with van der Waals surface area (Å²) in [4.78, 5) is 0. The molecule has 0 spiro atoms. The molecule has 0 amide bonds. The fourth-order valence-corrected chi connectivity index (χ4v) is 2.51. The summed E-state index contributed by atoms with van der Waals surface area (Å²) in [6.07, 6.45) is 0. The van der Waals surface area contributed by atoms with Gasteiger partial charge in [-0.3, -0.25) is 0 Å². The zero-order valence-corrected chi connectivity index (χ0v) is 7.57. The van der Waals surface area contributed by atoms with Gasteiger partial charge in [-0.05, 0) is 23.3 Å². The van der Waals surface area contributed by atoms with Crippen molar-refractivity contribution in [3.8, 4) is 0 Å². The molecule has 1 aliphatic rings. The number of hydrogen-bond acceptors (Lipinski definition) is 2. The molecule has 0 saturated carbocycles. The van der Waals surface area contributed by atoms with Gasteiger partial charge in [-0.1, -0.05) is 6.07 Å². The van der Waals surface area contributed by atoms with Gasteiger partial charge in [0.2, 0.25) is 10.0 Å². The highest BCUT2D eigenvalue weighted by Gasteiger charge is 2.20. The second kappa shape index (κ2) is 2.78. The largest absolute Gasteiger partial charge is 0.216 e. The maximum absolute atomic E-state index is 12.7. The molecule has 0 radical (unpaired) electrons. The van der Waals surface area contributed by atoms with Crippen molar-refractivity contribution >= 4 is 10.0 Å². The van der Waals surface area contributed by atoms with E-state index in [-0.39, 0.29) is 18.1 Å². The van der Waals surface area contributed by atoms with E-state index < -0.39 is 10.0 Å². The van der Waals surface area contributed by atoms with E-state index in [0.717, 1.165) is 5.56 Å². The van der Waals surface area contributed by atoms with Gasteiger partial charge in [-0.25, -0.2) is 17.5 Å². The van der Waals surface area contributed by atoms with Crippen LogP contribution in [0.15, 0.2) is 18.2 Å². The molecule has 1 aromatic rings. The Bertz CT molecular complexity index is 441. The maximum atomic E-state index is 12.7. The van der Waals surface area contributed by atoms with E-state index in [0.29, 0.717) is 5.56 Å². The van der Waals surface area contributed by atoms with E-state index in [1.165, 1.54) is 18.2 Å². The molecule has 0 bridgehead atoms. The third kappa shape index (κ3) is 1.71. The minimum Gasteiger partial charge on any atom is -0.212 e. The lowest BCUT2D eigenvalue weighted by molar-refractivity contribution is 0.573. The highest BCUT2D eigenvalue weighted by atomic mass is 32.2. The van der Waals surface area contributed by atoms with Gasteiger partial charge < -0.3 is 0 Å². The fourth-order valence-electron chi connectivity index (χ4n) is 1.34. The molecule has 70 valence electrons. The Morgan fingerprint density at radius 1 is 1.31 bits per heavy atom. The number of hydrogen-bond donors (Lipinski definition) is 1. The summed E-state index contributed by atoms with van der Waals surface area (Å²) < 4.78 is 37.2. The van der Waals surface area contributed by atoms with Crippen LogP contribution in [0.5, 0.6) is 0 Å². The molecule has 1 aromatic carbocycles. The monoisotopic (exact) mass is 201 g/mol. The fraction of sp³-hybridized carbons (Fsp3) is 0.250. The Morgan fingerprint density at radius 2 is 2.08 bits per heavy atom. The van der Waals surface area contributed by atoms with Gasteiger partial charge in [0.15, 0.2) is 0 Å². The SMILES string of the molecule is O=S1(=O)Cc2ccc(F)cc2CN1. The van der Waals surface area contributed by atoms with Crippen LogP contribution in [-0.2, 0) is 22.3 Å². The average Bonchev–Trinajstić information content (AvgIpc) is 2.05. The summed E-state index contributed by atoms with van der Waals surface area (Å²) in [7, 11) is -3.18. The maximum Gasteiger partial charge on any atom is 0.216 e. The van der Waals surface area contributed by atoms with E-state index in [4.69, 9.17) is 0 Å². The topological polar surface area (TPSA) is 46.2 Å². The molecule has 0 atom stereocenters. The lowest BCUT2D eigenvalue weighted by atomic mass is 10.1. The summed E-state index contributed by atoms with van der Waals surface area (Å²) in [5, 5.41) is 0. The zero-order valence-electron chi connectivity index (χ0n) is 6.75. The summed E-state index contributed by atoms with van der Waals surface area (Å²) >= 11 is 0. The first-order valence-electron chi connectivity index (χ1n) is 3.81. The molecule has 0 aromatic heterocycles. The van der Waals surface area contributed by atoms with Crippen molar-refractivity contribution in [1.82, 2.24) is 4.72 Å². The van der Waals surface area contributed by atoms with Gasteiger partial charge in [-0.15, -0.1) is 0 Å². The minimum atomic E-state index is -3.18. The van der Waals surface area contributed by atoms with Crippen molar-refractivity contribution < 1.29 is 12.8 Å². The van der Waals surface area contributed by atoms with Crippen molar-refractivity contribution in [3.05, 3.63) is 35.1 Å². The Labute approximate surface area is 75.6 Å². The smallest absolute Gasteiger partial charge is 0.212 e. The Kier molecular flexibility index (Phi) is 1.85. The number of halogens is 1. The van der Waals surface area contributed by atoms with Gasteiger partial charge >= 0.3 is 0 Å². The summed E-state index contributed by atoms with van der Waals surface area (Å²) in [5.41, 5.74) is 1.40. The Balaban J connectivity index is 2.48.